The molecule has 1 unspecified atom stereocenters. The van der Waals surface area contributed by atoms with E-state index < -0.39 is 17.7 Å². The first-order valence-corrected chi connectivity index (χ1v) is 4.84. The molecule has 2 heterocycles. The molecule has 0 saturated heterocycles. The summed E-state index contributed by atoms with van der Waals surface area (Å²) in [5.74, 6) is -1.98. The average Bonchev–Trinajstić information content (AvgIpc) is 2.55. The van der Waals surface area contributed by atoms with Crippen molar-refractivity contribution in [2.45, 2.75) is 12.8 Å². The molecule has 1 atom stereocenters. The maximum absolute atomic E-state index is 13.0. The quantitative estimate of drug-likeness (QED) is 0.844. The van der Waals surface area contributed by atoms with Crippen molar-refractivity contribution in [3.8, 4) is 0 Å². The van der Waals surface area contributed by atoms with Crippen LogP contribution in [0.25, 0.3) is 11.0 Å². The smallest absolute Gasteiger partial charge is 0.312 e. The molecular formula is C11H11FN2O2. The summed E-state index contributed by atoms with van der Waals surface area (Å²) in [5.41, 5.74) is 1.82. The van der Waals surface area contributed by atoms with Gasteiger partial charge in [0.25, 0.3) is 0 Å². The van der Waals surface area contributed by atoms with Crippen LogP contribution in [0.2, 0.25) is 0 Å². The molecule has 0 amide bonds. The highest BCUT2D eigenvalue weighted by atomic mass is 19.1. The van der Waals surface area contributed by atoms with Crippen molar-refractivity contribution in [2.24, 2.45) is 7.05 Å². The lowest BCUT2D eigenvalue weighted by atomic mass is 10.1. The monoisotopic (exact) mass is 222 g/mol. The Kier molecular flexibility index (Phi) is 2.38. The van der Waals surface area contributed by atoms with E-state index in [9.17, 15) is 9.18 Å². The van der Waals surface area contributed by atoms with Crippen molar-refractivity contribution in [1.82, 2.24) is 9.55 Å². The molecule has 0 saturated carbocycles. The molecular weight excluding hydrogens is 211 g/mol. The van der Waals surface area contributed by atoms with E-state index in [1.165, 1.54) is 6.07 Å². The van der Waals surface area contributed by atoms with Gasteiger partial charge in [0.1, 0.15) is 5.82 Å². The molecule has 2 aromatic heterocycles. The number of carbonyl (C=O) groups is 1. The van der Waals surface area contributed by atoms with Crippen molar-refractivity contribution >= 4 is 17.0 Å². The second-order valence-electron chi connectivity index (χ2n) is 3.75. The number of carboxylic acid groups (broad SMARTS) is 1. The lowest BCUT2D eigenvalue weighted by Crippen LogP contribution is -2.11. The van der Waals surface area contributed by atoms with Crippen LogP contribution in [0.4, 0.5) is 4.39 Å². The van der Waals surface area contributed by atoms with Crippen LogP contribution in [-0.4, -0.2) is 20.6 Å². The fraction of sp³-hybridized carbons (Fsp3) is 0.273. The summed E-state index contributed by atoms with van der Waals surface area (Å²) in [6.07, 6.45) is 1.12. The number of hydrogen-bond acceptors (Lipinski definition) is 2. The normalized spacial score (nSPS) is 12.9. The van der Waals surface area contributed by atoms with Gasteiger partial charge in [0.15, 0.2) is 0 Å². The van der Waals surface area contributed by atoms with Crippen LogP contribution in [0.3, 0.4) is 0 Å². The standard InChI is InChI=1S/C11H11FN2O2/c1-6(11(15)16)9-4-8-10(14(9)2)3-7(12)5-13-8/h3-6H,1-2H3,(H,15,16). The Labute approximate surface area is 91.3 Å². The summed E-state index contributed by atoms with van der Waals surface area (Å²) in [4.78, 5) is 14.8. The molecule has 5 heteroatoms. The molecule has 0 aliphatic carbocycles. The first-order chi connectivity index (χ1) is 7.50. The van der Waals surface area contributed by atoms with E-state index in [1.807, 2.05) is 0 Å². The third-order valence-corrected chi connectivity index (χ3v) is 2.71. The number of fused-ring (bicyclic) bond motifs is 1. The van der Waals surface area contributed by atoms with Gasteiger partial charge in [-0.2, -0.15) is 0 Å². The van der Waals surface area contributed by atoms with Gasteiger partial charge in [0.05, 0.1) is 23.1 Å². The van der Waals surface area contributed by atoms with E-state index in [0.717, 1.165) is 6.20 Å². The molecule has 2 rings (SSSR count). The van der Waals surface area contributed by atoms with Crippen LogP contribution in [-0.2, 0) is 11.8 Å². The lowest BCUT2D eigenvalue weighted by molar-refractivity contribution is -0.138. The second-order valence-corrected chi connectivity index (χ2v) is 3.75. The Morgan fingerprint density at radius 3 is 2.88 bits per heavy atom. The molecule has 0 spiro atoms. The number of rotatable bonds is 2. The van der Waals surface area contributed by atoms with Crippen molar-refractivity contribution < 1.29 is 14.3 Å². The molecule has 16 heavy (non-hydrogen) atoms. The molecule has 84 valence electrons. The van der Waals surface area contributed by atoms with Crippen LogP contribution in [0, 0.1) is 5.82 Å². The predicted molar refractivity (Wildman–Crippen MR) is 56.7 cm³/mol. The molecule has 1 N–H and O–H groups in total. The van der Waals surface area contributed by atoms with Gasteiger partial charge in [-0.1, -0.05) is 0 Å². The minimum Gasteiger partial charge on any atom is -0.481 e. The Morgan fingerprint density at radius 1 is 1.56 bits per heavy atom. The van der Waals surface area contributed by atoms with Crippen LogP contribution in [0.1, 0.15) is 18.5 Å². The second kappa shape index (κ2) is 3.59. The number of aliphatic carboxylic acids is 1. The van der Waals surface area contributed by atoms with Gasteiger partial charge in [-0.05, 0) is 13.0 Å². The fourth-order valence-electron chi connectivity index (χ4n) is 1.74. The van der Waals surface area contributed by atoms with Gasteiger partial charge < -0.3 is 9.67 Å². The maximum Gasteiger partial charge on any atom is 0.312 e. The topological polar surface area (TPSA) is 55.1 Å². The number of aryl methyl sites for hydroxylation is 1. The number of pyridine rings is 1. The lowest BCUT2D eigenvalue weighted by Gasteiger charge is -2.07. The number of hydrogen-bond donors (Lipinski definition) is 1. The van der Waals surface area contributed by atoms with E-state index in [4.69, 9.17) is 5.11 Å². The fourth-order valence-corrected chi connectivity index (χ4v) is 1.74. The van der Waals surface area contributed by atoms with Crippen molar-refractivity contribution in [3.05, 3.63) is 29.8 Å². The molecule has 0 aliphatic heterocycles. The maximum atomic E-state index is 13.0. The Hall–Kier alpha value is -1.91. The molecule has 0 radical (unpaired) electrons. The predicted octanol–water partition coefficient (Wildman–Crippen LogP) is 1.90. The molecule has 0 aromatic carbocycles. The SMILES string of the molecule is CC(C(=O)O)c1cc2ncc(F)cc2n1C. The highest BCUT2D eigenvalue weighted by Crippen LogP contribution is 2.23. The number of halogens is 1. The van der Waals surface area contributed by atoms with Gasteiger partial charge in [-0.25, -0.2) is 4.39 Å². The summed E-state index contributed by atoms with van der Waals surface area (Å²) in [7, 11) is 1.71. The third kappa shape index (κ3) is 1.54. The first kappa shape index (κ1) is 10.6. The first-order valence-electron chi connectivity index (χ1n) is 4.84. The van der Waals surface area contributed by atoms with Gasteiger partial charge in [0.2, 0.25) is 0 Å². The van der Waals surface area contributed by atoms with Crippen molar-refractivity contribution in [1.29, 1.82) is 0 Å². The van der Waals surface area contributed by atoms with Gasteiger partial charge >= 0.3 is 5.97 Å². The Bertz CT molecular complexity index is 562. The highest BCUT2D eigenvalue weighted by Gasteiger charge is 2.19. The van der Waals surface area contributed by atoms with Crippen LogP contribution in [0.15, 0.2) is 18.3 Å². The zero-order valence-electron chi connectivity index (χ0n) is 8.94. The summed E-state index contributed by atoms with van der Waals surface area (Å²) < 4.78 is 14.7. The van der Waals surface area contributed by atoms with Gasteiger partial charge in [-0.15, -0.1) is 0 Å². The molecule has 0 aliphatic rings. The summed E-state index contributed by atoms with van der Waals surface area (Å²) >= 11 is 0. The van der Waals surface area contributed by atoms with E-state index >= 15 is 0 Å². The summed E-state index contributed by atoms with van der Waals surface area (Å²) in [6.45, 7) is 1.59. The van der Waals surface area contributed by atoms with Crippen LogP contribution < -0.4 is 0 Å². The number of aromatic nitrogens is 2. The summed E-state index contributed by atoms with van der Waals surface area (Å²) in [5, 5.41) is 8.93. The average molecular weight is 222 g/mol. The van der Waals surface area contributed by atoms with Crippen LogP contribution >= 0.6 is 0 Å². The molecule has 0 bridgehead atoms. The minimum absolute atomic E-state index is 0.428. The summed E-state index contributed by atoms with van der Waals surface area (Å²) in [6, 6.07) is 3.02. The van der Waals surface area contributed by atoms with Crippen LogP contribution in [0.5, 0.6) is 0 Å². The third-order valence-electron chi connectivity index (χ3n) is 2.71. The number of carboxylic acids is 1. The minimum atomic E-state index is -0.911. The largest absolute Gasteiger partial charge is 0.481 e. The van der Waals surface area contributed by atoms with E-state index in [0.29, 0.717) is 16.7 Å². The zero-order chi connectivity index (χ0) is 11.9. The van der Waals surface area contributed by atoms with Gasteiger partial charge in [0, 0.05) is 18.8 Å². The molecule has 4 nitrogen and oxygen atoms in total. The molecule has 0 fully saturated rings. The Balaban J connectivity index is 2.64. The zero-order valence-corrected chi connectivity index (χ0v) is 8.94. The van der Waals surface area contributed by atoms with E-state index in [1.54, 1.807) is 24.6 Å². The van der Waals surface area contributed by atoms with E-state index in [2.05, 4.69) is 4.98 Å². The van der Waals surface area contributed by atoms with E-state index in [-0.39, 0.29) is 0 Å². The van der Waals surface area contributed by atoms with Crippen molar-refractivity contribution in [3.63, 3.8) is 0 Å². The number of nitrogens with zero attached hydrogens (tertiary/aromatic N) is 2. The molecule has 2 aromatic rings. The Morgan fingerprint density at radius 2 is 2.25 bits per heavy atom. The highest BCUT2D eigenvalue weighted by molar-refractivity contribution is 5.81. The van der Waals surface area contributed by atoms with Gasteiger partial charge in [-0.3, -0.25) is 9.78 Å². The van der Waals surface area contributed by atoms with Crippen molar-refractivity contribution in [2.75, 3.05) is 0 Å².